The van der Waals surface area contributed by atoms with Crippen LogP contribution in [0.4, 0.5) is 5.13 Å². The van der Waals surface area contributed by atoms with Crippen molar-refractivity contribution >= 4 is 22.4 Å². The van der Waals surface area contributed by atoms with Crippen molar-refractivity contribution in [1.82, 2.24) is 9.88 Å². The maximum Gasteiger partial charge on any atom is 0.226 e. The largest absolute Gasteiger partial charge is 0.302 e. The minimum Gasteiger partial charge on any atom is -0.302 e. The summed E-state index contributed by atoms with van der Waals surface area (Å²) in [5.41, 5.74) is 2.25. The molecule has 1 aromatic carbocycles. The van der Waals surface area contributed by atoms with Crippen molar-refractivity contribution in [3.63, 3.8) is 0 Å². The highest BCUT2D eigenvalue weighted by Gasteiger charge is 2.18. The third kappa shape index (κ3) is 5.38. The van der Waals surface area contributed by atoms with Crippen molar-refractivity contribution in [3.05, 3.63) is 47.0 Å². The number of amides is 1. The van der Waals surface area contributed by atoms with E-state index < -0.39 is 0 Å². The van der Waals surface area contributed by atoms with Crippen LogP contribution in [0.3, 0.4) is 0 Å². The molecule has 134 valence electrons. The SMILES string of the molecule is CC1CCCN(Cc2csc(NC(=O)CC(C)c3ccccc3)n2)C1. The predicted molar refractivity (Wildman–Crippen MR) is 104 cm³/mol. The highest BCUT2D eigenvalue weighted by Crippen LogP contribution is 2.23. The number of thiazole rings is 1. The van der Waals surface area contributed by atoms with Gasteiger partial charge >= 0.3 is 0 Å². The van der Waals surface area contributed by atoms with Crippen LogP contribution >= 0.6 is 11.3 Å². The number of piperidine rings is 1. The first-order valence-corrected chi connectivity index (χ1v) is 9.99. The van der Waals surface area contributed by atoms with Crippen molar-refractivity contribution in [2.45, 2.75) is 45.6 Å². The Morgan fingerprint density at radius 2 is 2.20 bits per heavy atom. The van der Waals surface area contributed by atoms with Crippen LogP contribution in [0.5, 0.6) is 0 Å². The summed E-state index contributed by atoms with van der Waals surface area (Å²) in [5, 5.41) is 5.74. The van der Waals surface area contributed by atoms with Gasteiger partial charge < -0.3 is 5.32 Å². The van der Waals surface area contributed by atoms with Gasteiger partial charge in [-0.25, -0.2) is 4.98 Å². The monoisotopic (exact) mass is 357 g/mol. The van der Waals surface area contributed by atoms with Gasteiger partial charge in [0.1, 0.15) is 0 Å². The molecule has 2 aromatic rings. The van der Waals surface area contributed by atoms with Crippen LogP contribution in [-0.2, 0) is 11.3 Å². The Bertz CT molecular complexity index is 685. The molecule has 0 radical (unpaired) electrons. The third-order valence-electron chi connectivity index (χ3n) is 4.79. The maximum atomic E-state index is 12.3. The Hall–Kier alpha value is -1.72. The number of hydrogen-bond acceptors (Lipinski definition) is 4. The highest BCUT2D eigenvalue weighted by molar-refractivity contribution is 7.13. The molecule has 25 heavy (non-hydrogen) atoms. The first-order valence-electron chi connectivity index (χ1n) is 9.11. The molecule has 2 atom stereocenters. The average Bonchev–Trinajstić information content (AvgIpc) is 3.02. The summed E-state index contributed by atoms with van der Waals surface area (Å²) >= 11 is 1.52. The van der Waals surface area contributed by atoms with Gasteiger partial charge in [-0.1, -0.05) is 44.2 Å². The number of anilines is 1. The number of aromatic nitrogens is 1. The molecule has 1 amide bonds. The third-order valence-corrected chi connectivity index (χ3v) is 5.59. The Labute approximate surface area is 154 Å². The molecule has 0 aliphatic carbocycles. The fourth-order valence-electron chi connectivity index (χ4n) is 3.44. The topological polar surface area (TPSA) is 45.2 Å². The number of benzene rings is 1. The van der Waals surface area contributed by atoms with Crippen molar-refractivity contribution in [2.75, 3.05) is 18.4 Å². The van der Waals surface area contributed by atoms with Crippen LogP contribution in [0, 0.1) is 5.92 Å². The summed E-state index contributed by atoms with van der Waals surface area (Å²) in [6.07, 6.45) is 3.07. The van der Waals surface area contributed by atoms with Crippen molar-refractivity contribution in [1.29, 1.82) is 0 Å². The lowest BCUT2D eigenvalue weighted by molar-refractivity contribution is -0.116. The Morgan fingerprint density at radius 1 is 1.40 bits per heavy atom. The zero-order valence-electron chi connectivity index (χ0n) is 15.1. The van der Waals surface area contributed by atoms with Crippen molar-refractivity contribution in [3.8, 4) is 0 Å². The lowest BCUT2D eigenvalue weighted by Crippen LogP contribution is -2.33. The second-order valence-corrected chi connectivity index (χ2v) is 8.05. The molecule has 2 heterocycles. The van der Waals surface area contributed by atoms with Crippen LogP contribution in [0.15, 0.2) is 35.7 Å². The number of rotatable bonds is 6. The lowest BCUT2D eigenvalue weighted by atomic mass is 9.98. The zero-order valence-corrected chi connectivity index (χ0v) is 15.9. The molecule has 0 saturated carbocycles. The summed E-state index contributed by atoms with van der Waals surface area (Å²) in [6, 6.07) is 10.2. The molecule has 3 rings (SSSR count). The van der Waals surface area contributed by atoms with Crippen LogP contribution in [0.2, 0.25) is 0 Å². The highest BCUT2D eigenvalue weighted by atomic mass is 32.1. The average molecular weight is 358 g/mol. The molecule has 1 N–H and O–H groups in total. The molecule has 1 aliphatic rings. The van der Waals surface area contributed by atoms with E-state index in [4.69, 9.17) is 0 Å². The summed E-state index contributed by atoms with van der Waals surface area (Å²) in [4.78, 5) is 19.3. The minimum atomic E-state index is 0.0313. The smallest absolute Gasteiger partial charge is 0.226 e. The minimum absolute atomic E-state index is 0.0313. The second-order valence-electron chi connectivity index (χ2n) is 7.19. The molecular weight excluding hydrogens is 330 g/mol. The number of hydrogen-bond donors (Lipinski definition) is 1. The molecular formula is C20H27N3OS. The Morgan fingerprint density at radius 3 is 2.96 bits per heavy atom. The second kappa shape index (κ2) is 8.59. The summed E-state index contributed by atoms with van der Waals surface area (Å²) in [6.45, 7) is 7.58. The number of nitrogens with one attached hydrogen (secondary N) is 1. The quantitative estimate of drug-likeness (QED) is 0.827. The van der Waals surface area contributed by atoms with Crippen LogP contribution < -0.4 is 5.32 Å². The number of likely N-dealkylation sites (tertiary alicyclic amines) is 1. The van der Waals surface area contributed by atoms with E-state index in [0.29, 0.717) is 11.6 Å². The van der Waals surface area contributed by atoms with Gasteiger partial charge in [-0.2, -0.15) is 0 Å². The molecule has 5 heteroatoms. The Balaban J connectivity index is 1.50. The van der Waals surface area contributed by atoms with Gasteiger partial charge in [-0.05, 0) is 36.8 Å². The van der Waals surface area contributed by atoms with Crippen LogP contribution in [-0.4, -0.2) is 28.9 Å². The molecule has 0 bridgehead atoms. The van der Waals surface area contributed by atoms with E-state index in [0.717, 1.165) is 31.2 Å². The van der Waals surface area contributed by atoms with E-state index in [-0.39, 0.29) is 11.8 Å². The van der Waals surface area contributed by atoms with Gasteiger partial charge in [-0.3, -0.25) is 9.69 Å². The van der Waals surface area contributed by atoms with E-state index in [2.05, 4.69) is 46.6 Å². The van der Waals surface area contributed by atoms with Gasteiger partial charge in [0, 0.05) is 24.9 Å². The number of carbonyl (C=O) groups excluding carboxylic acids is 1. The van der Waals surface area contributed by atoms with Gasteiger partial charge in [0.25, 0.3) is 0 Å². The summed E-state index contributed by atoms with van der Waals surface area (Å²) in [5.74, 6) is 1.00. The van der Waals surface area contributed by atoms with E-state index in [9.17, 15) is 4.79 Å². The predicted octanol–water partition coefficient (Wildman–Crippen LogP) is 4.51. The summed E-state index contributed by atoms with van der Waals surface area (Å²) < 4.78 is 0. The fraction of sp³-hybridized carbons (Fsp3) is 0.500. The first-order chi connectivity index (χ1) is 12.1. The van der Waals surface area contributed by atoms with Gasteiger partial charge in [0.05, 0.1) is 5.69 Å². The molecule has 2 unspecified atom stereocenters. The molecule has 1 aromatic heterocycles. The molecule has 1 fully saturated rings. The van der Waals surface area contributed by atoms with Gasteiger partial charge in [0.2, 0.25) is 5.91 Å². The maximum absolute atomic E-state index is 12.3. The van der Waals surface area contributed by atoms with E-state index in [1.54, 1.807) is 0 Å². The fourth-order valence-corrected chi connectivity index (χ4v) is 4.16. The van der Waals surface area contributed by atoms with E-state index in [1.165, 1.54) is 29.7 Å². The van der Waals surface area contributed by atoms with Crippen LogP contribution in [0.1, 0.15) is 50.3 Å². The van der Waals surface area contributed by atoms with E-state index >= 15 is 0 Å². The first kappa shape index (κ1) is 18.1. The molecule has 0 spiro atoms. The van der Waals surface area contributed by atoms with Gasteiger partial charge in [-0.15, -0.1) is 11.3 Å². The lowest BCUT2D eigenvalue weighted by Gasteiger charge is -2.30. The Kier molecular flexibility index (Phi) is 6.21. The molecule has 1 saturated heterocycles. The number of nitrogens with zero attached hydrogens (tertiary/aromatic N) is 2. The normalized spacial score (nSPS) is 19.5. The molecule has 4 nitrogen and oxygen atoms in total. The van der Waals surface area contributed by atoms with Gasteiger partial charge in [0.15, 0.2) is 5.13 Å². The van der Waals surface area contributed by atoms with Crippen molar-refractivity contribution in [2.24, 2.45) is 5.92 Å². The summed E-state index contributed by atoms with van der Waals surface area (Å²) in [7, 11) is 0. The van der Waals surface area contributed by atoms with E-state index in [1.807, 2.05) is 18.2 Å². The number of carbonyl (C=O) groups is 1. The molecule has 1 aliphatic heterocycles. The zero-order chi connectivity index (χ0) is 17.6. The van der Waals surface area contributed by atoms with Crippen LogP contribution in [0.25, 0.3) is 0 Å². The van der Waals surface area contributed by atoms with Crippen molar-refractivity contribution < 1.29 is 4.79 Å². The standard InChI is InChI=1S/C20H27N3OS/c1-15-7-6-10-23(12-15)13-18-14-25-20(21-18)22-19(24)11-16(2)17-8-4-3-5-9-17/h3-5,8-9,14-16H,6-7,10-13H2,1-2H3,(H,21,22,24).